The maximum absolute atomic E-state index is 12.1. The quantitative estimate of drug-likeness (QED) is 0.865. The van der Waals surface area contributed by atoms with E-state index in [9.17, 15) is 13.2 Å². The molecule has 0 radical (unpaired) electrons. The number of primary sulfonamides is 1. The summed E-state index contributed by atoms with van der Waals surface area (Å²) >= 11 is 0. The van der Waals surface area contributed by atoms with E-state index in [-0.39, 0.29) is 17.2 Å². The first kappa shape index (κ1) is 16.3. The van der Waals surface area contributed by atoms with Crippen LogP contribution in [0.4, 0.5) is 5.69 Å². The number of sulfonamides is 1. The van der Waals surface area contributed by atoms with E-state index in [1.165, 1.54) is 24.3 Å². The molecule has 7 nitrogen and oxygen atoms in total. The average Bonchev–Trinajstić information content (AvgIpc) is 2.54. The number of rotatable bonds is 4. The van der Waals surface area contributed by atoms with Gasteiger partial charge < -0.3 is 14.8 Å². The number of benzene rings is 2. The zero-order chi connectivity index (χ0) is 17.2. The Bertz CT molecular complexity index is 863. The number of nitrogens with two attached hydrogens (primary N) is 1. The van der Waals surface area contributed by atoms with E-state index < -0.39 is 10.0 Å². The predicted octanol–water partition coefficient (Wildman–Crippen LogP) is 1.29. The third-order valence-corrected chi connectivity index (χ3v) is 4.37. The van der Waals surface area contributed by atoms with Crippen LogP contribution >= 0.6 is 0 Å². The molecule has 1 aliphatic rings. The molecule has 0 saturated heterocycles. The fourth-order valence-corrected chi connectivity index (χ4v) is 2.83. The Morgan fingerprint density at radius 1 is 1.04 bits per heavy atom. The van der Waals surface area contributed by atoms with Crippen molar-refractivity contribution in [1.29, 1.82) is 0 Å². The third kappa shape index (κ3) is 3.84. The molecule has 1 aliphatic heterocycles. The van der Waals surface area contributed by atoms with Gasteiger partial charge in [-0.05, 0) is 42.0 Å². The fourth-order valence-electron chi connectivity index (χ4n) is 2.32. The largest absolute Gasteiger partial charge is 0.486 e. The lowest BCUT2D eigenvalue weighted by atomic mass is 10.1. The van der Waals surface area contributed by atoms with Gasteiger partial charge in [-0.2, -0.15) is 0 Å². The van der Waals surface area contributed by atoms with Crippen LogP contribution in [0.5, 0.6) is 11.5 Å². The molecule has 0 spiro atoms. The van der Waals surface area contributed by atoms with Crippen molar-refractivity contribution in [3.05, 3.63) is 48.0 Å². The van der Waals surface area contributed by atoms with Crippen LogP contribution in [0.2, 0.25) is 0 Å². The monoisotopic (exact) mass is 348 g/mol. The molecule has 0 aromatic heterocycles. The average molecular weight is 348 g/mol. The summed E-state index contributed by atoms with van der Waals surface area (Å²) in [6.07, 6.45) is 0.160. The summed E-state index contributed by atoms with van der Waals surface area (Å²) in [7, 11) is -3.74. The van der Waals surface area contributed by atoms with Crippen LogP contribution in [-0.2, 0) is 21.2 Å². The third-order valence-electron chi connectivity index (χ3n) is 3.44. The molecule has 126 valence electrons. The summed E-state index contributed by atoms with van der Waals surface area (Å²) in [6.45, 7) is 1.00. The number of amides is 1. The Labute approximate surface area is 139 Å². The molecule has 1 heterocycles. The van der Waals surface area contributed by atoms with Gasteiger partial charge in [0.1, 0.15) is 13.2 Å². The maximum Gasteiger partial charge on any atom is 0.238 e. The van der Waals surface area contributed by atoms with E-state index in [0.717, 1.165) is 5.56 Å². The van der Waals surface area contributed by atoms with Gasteiger partial charge >= 0.3 is 0 Å². The zero-order valence-electron chi connectivity index (χ0n) is 12.7. The molecule has 3 N–H and O–H groups in total. The van der Waals surface area contributed by atoms with Crippen molar-refractivity contribution < 1.29 is 22.7 Å². The van der Waals surface area contributed by atoms with Crippen LogP contribution in [0.1, 0.15) is 5.56 Å². The molecule has 1 amide bonds. The second kappa shape index (κ2) is 6.50. The number of hydrogen-bond acceptors (Lipinski definition) is 5. The summed E-state index contributed by atoms with van der Waals surface area (Å²) in [5.41, 5.74) is 1.28. The Kier molecular flexibility index (Phi) is 4.41. The predicted molar refractivity (Wildman–Crippen MR) is 87.6 cm³/mol. The summed E-state index contributed by atoms with van der Waals surface area (Å²) in [5.74, 6) is 1.07. The molecule has 0 saturated carbocycles. The van der Waals surface area contributed by atoms with Gasteiger partial charge in [-0.1, -0.05) is 6.07 Å². The minimum absolute atomic E-state index is 0.00710. The van der Waals surface area contributed by atoms with Gasteiger partial charge in [-0.15, -0.1) is 0 Å². The van der Waals surface area contributed by atoms with Gasteiger partial charge in [0, 0.05) is 5.69 Å². The molecule has 24 heavy (non-hydrogen) atoms. The maximum atomic E-state index is 12.1. The van der Waals surface area contributed by atoms with E-state index in [4.69, 9.17) is 14.6 Å². The van der Waals surface area contributed by atoms with E-state index in [0.29, 0.717) is 30.4 Å². The van der Waals surface area contributed by atoms with E-state index in [1.807, 2.05) is 0 Å². The lowest BCUT2D eigenvalue weighted by Crippen LogP contribution is -2.17. The number of hydrogen-bond donors (Lipinski definition) is 2. The molecule has 0 aliphatic carbocycles. The topological polar surface area (TPSA) is 108 Å². The number of anilines is 1. The number of nitrogens with one attached hydrogen (secondary N) is 1. The number of ether oxygens (including phenoxy) is 2. The van der Waals surface area contributed by atoms with Crippen molar-refractivity contribution in [1.82, 2.24) is 0 Å². The van der Waals surface area contributed by atoms with Crippen LogP contribution in [0, 0.1) is 0 Å². The second-order valence-corrected chi connectivity index (χ2v) is 6.83. The first-order valence-electron chi connectivity index (χ1n) is 7.23. The van der Waals surface area contributed by atoms with Crippen LogP contribution in [-0.4, -0.2) is 27.5 Å². The summed E-state index contributed by atoms with van der Waals surface area (Å²) in [4.78, 5) is 12.1. The molecule has 2 aromatic rings. The lowest BCUT2D eigenvalue weighted by molar-refractivity contribution is -0.115. The van der Waals surface area contributed by atoms with Gasteiger partial charge in [0.2, 0.25) is 15.9 Å². The molecule has 0 bridgehead atoms. The summed E-state index contributed by atoms with van der Waals surface area (Å²) in [5, 5.41) is 7.73. The van der Waals surface area contributed by atoms with Crippen molar-refractivity contribution in [2.75, 3.05) is 18.5 Å². The molecule has 2 aromatic carbocycles. The normalized spacial score (nSPS) is 13.4. The first-order valence-corrected chi connectivity index (χ1v) is 8.78. The van der Waals surface area contributed by atoms with Gasteiger partial charge in [0.05, 0.1) is 11.3 Å². The standard InChI is InChI=1S/C16H16N2O5S/c17-24(20,21)13-4-2-12(3-5-13)18-16(19)10-11-1-6-14-15(9-11)23-8-7-22-14/h1-6,9H,7-8,10H2,(H,18,19)(H2,17,20,21). The SMILES string of the molecule is NS(=O)(=O)c1ccc(NC(=O)Cc2ccc3c(c2)OCCO3)cc1. The smallest absolute Gasteiger partial charge is 0.238 e. The highest BCUT2D eigenvalue weighted by molar-refractivity contribution is 7.89. The summed E-state index contributed by atoms with van der Waals surface area (Å²) < 4.78 is 33.3. The minimum atomic E-state index is -3.74. The van der Waals surface area contributed by atoms with Gasteiger partial charge in [-0.25, -0.2) is 13.6 Å². The van der Waals surface area contributed by atoms with E-state index in [2.05, 4.69) is 5.32 Å². The molecule has 0 fully saturated rings. The van der Waals surface area contributed by atoms with Crippen LogP contribution in [0.25, 0.3) is 0 Å². The second-order valence-electron chi connectivity index (χ2n) is 5.27. The Morgan fingerprint density at radius 3 is 2.38 bits per heavy atom. The van der Waals surface area contributed by atoms with Crippen LogP contribution < -0.4 is 19.9 Å². The van der Waals surface area contributed by atoms with Crippen molar-refractivity contribution >= 4 is 21.6 Å². The van der Waals surface area contributed by atoms with Crippen LogP contribution in [0.3, 0.4) is 0 Å². The molecule has 0 atom stereocenters. The lowest BCUT2D eigenvalue weighted by Gasteiger charge is -2.18. The minimum Gasteiger partial charge on any atom is -0.486 e. The number of carbonyl (C=O) groups excluding carboxylic acids is 1. The van der Waals surface area contributed by atoms with E-state index in [1.54, 1.807) is 18.2 Å². The molecular weight excluding hydrogens is 332 g/mol. The Morgan fingerprint density at radius 2 is 1.71 bits per heavy atom. The number of fused-ring (bicyclic) bond motifs is 1. The molecule has 8 heteroatoms. The fraction of sp³-hybridized carbons (Fsp3) is 0.188. The van der Waals surface area contributed by atoms with Gasteiger partial charge in [0.25, 0.3) is 0 Å². The molecule has 3 rings (SSSR count). The number of carbonyl (C=O) groups is 1. The van der Waals surface area contributed by atoms with Crippen molar-refractivity contribution in [2.45, 2.75) is 11.3 Å². The highest BCUT2D eigenvalue weighted by Gasteiger charge is 2.13. The zero-order valence-corrected chi connectivity index (χ0v) is 13.5. The van der Waals surface area contributed by atoms with Crippen LogP contribution in [0.15, 0.2) is 47.4 Å². The first-order chi connectivity index (χ1) is 11.4. The van der Waals surface area contributed by atoms with E-state index >= 15 is 0 Å². The highest BCUT2D eigenvalue weighted by Crippen LogP contribution is 2.30. The van der Waals surface area contributed by atoms with Gasteiger partial charge in [0.15, 0.2) is 11.5 Å². The van der Waals surface area contributed by atoms with Crippen molar-refractivity contribution in [3.63, 3.8) is 0 Å². The highest BCUT2D eigenvalue weighted by atomic mass is 32.2. The van der Waals surface area contributed by atoms with Crippen molar-refractivity contribution in [3.8, 4) is 11.5 Å². The summed E-state index contributed by atoms with van der Waals surface area (Å²) in [6, 6.07) is 11.0. The van der Waals surface area contributed by atoms with Crippen molar-refractivity contribution in [2.24, 2.45) is 5.14 Å². The van der Waals surface area contributed by atoms with Gasteiger partial charge in [-0.3, -0.25) is 4.79 Å². The molecular formula is C16H16N2O5S. The Hall–Kier alpha value is -2.58. The Balaban J connectivity index is 1.65. The molecule has 0 unspecified atom stereocenters.